The van der Waals surface area contributed by atoms with Crippen molar-refractivity contribution in [3.63, 3.8) is 0 Å². The molecule has 0 amide bonds. The first-order chi connectivity index (χ1) is 8.76. The van der Waals surface area contributed by atoms with Crippen LogP contribution in [0.25, 0.3) is 0 Å². The van der Waals surface area contributed by atoms with E-state index in [0.717, 1.165) is 35.8 Å². The molecule has 1 N–H and O–H groups in total. The molecule has 2 fully saturated rings. The van der Waals surface area contributed by atoms with Crippen LogP contribution >= 0.6 is 0 Å². The standard InChI is InChI=1S/C16H25NO/c1-3-17-15(16-7-4-11(2)18-16)10-14-9-12-5-6-13(14)8-12/h4,7,12-15,17H,3,5-6,8-10H2,1-2H3. The normalized spacial score (nSPS) is 32.0. The molecule has 1 heterocycles. The van der Waals surface area contributed by atoms with Crippen LogP contribution in [0.4, 0.5) is 0 Å². The second-order valence-corrected chi connectivity index (χ2v) is 6.23. The maximum Gasteiger partial charge on any atom is 0.121 e. The van der Waals surface area contributed by atoms with Crippen molar-refractivity contribution in [3.05, 3.63) is 23.7 Å². The molecule has 2 saturated carbocycles. The third kappa shape index (κ3) is 2.35. The zero-order valence-corrected chi connectivity index (χ0v) is 11.6. The van der Waals surface area contributed by atoms with Gasteiger partial charge in [0, 0.05) is 0 Å². The third-order valence-corrected chi connectivity index (χ3v) is 4.98. The third-order valence-electron chi connectivity index (χ3n) is 4.98. The maximum atomic E-state index is 5.83. The molecule has 0 saturated heterocycles. The van der Waals surface area contributed by atoms with Crippen LogP contribution in [0.15, 0.2) is 16.5 Å². The first kappa shape index (κ1) is 12.3. The van der Waals surface area contributed by atoms with Crippen LogP contribution in [0.2, 0.25) is 0 Å². The minimum Gasteiger partial charge on any atom is -0.465 e. The van der Waals surface area contributed by atoms with Gasteiger partial charge in [-0.15, -0.1) is 0 Å². The quantitative estimate of drug-likeness (QED) is 0.848. The van der Waals surface area contributed by atoms with Gasteiger partial charge in [-0.1, -0.05) is 13.3 Å². The van der Waals surface area contributed by atoms with Gasteiger partial charge in [0.2, 0.25) is 0 Å². The van der Waals surface area contributed by atoms with Gasteiger partial charge in [0.15, 0.2) is 0 Å². The van der Waals surface area contributed by atoms with Gasteiger partial charge in [-0.3, -0.25) is 0 Å². The molecule has 0 radical (unpaired) electrons. The van der Waals surface area contributed by atoms with Crippen molar-refractivity contribution in [1.82, 2.24) is 5.32 Å². The van der Waals surface area contributed by atoms with Gasteiger partial charge in [0.25, 0.3) is 0 Å². The van der Waals surface area contributed by atoms with Crippen molar-refractivity contribution in [2.75, 3.05) is 6.54 Å². The van der Waals surface area contributed by atoms with Crippen molar-refractivity contribution < 1.29 is 4.42 Å². The Morgan fingerprint density at radius 1 is 1.33 bits per heavy atom. The van der Waals surface area contributed by atoms with E-state index in [1.54, 1.807) is 0 Å². The van der Waals surface area contributed by atoms with E-state index < -0.39 is 0 Å². The lowest BCUT2D eigenvalue weighted by molar-refractivity contribution is 0.263. The summed E-state index contributed by atoms with van der Waals surface area (Å²) in [5.74, 6) is 5.14. The largest absolute Gasteiger partial charge is 0.465 e. The first-order valence-electron chi connectivity index (χ1n) is 7.56. The fraction of sp³-hybridized carbons (Fsp3) is 0.750. The average Bonchev–Trinajstić information content (AvgIpc) is 3.04. The van der Waals surface area contributed by atoms with Crippen molar-refractivity contribution in [2.45, 2.75) is 52.0 Å². The summed E-state index contributed by atoms with van der Waals surface area (Å²) >= 11 is 0. The highest BCUT2D eigenvalue weighted by molar-refractivity contribution is 5.10. The molecule has 0 aliphatic heterocycles. The van der Waals surface area contributed by atoms with Crippen LogP contribution in [0, 0.1) is 24.7 Å². The molecule has 18 heavy (non-hydrogen) atoms. The van der Waals surface area contributed by atoms with Crippen molar-refractivity contribution >= 4 is 0 Å². The van der Waals surface area contributed by atoms with Crippen LogP contribution < -0.4 is 5.32 Å². The van der Waals surface area contributed by atoms with Crippen LogP contribution in [0.3, 0.4) is 0 Å². The zero-order chi connectivity index (χ0) is 12.5. The molecule has 1 aromatic heterocycles. The van der Waals surface area contributed by atoms with Crippen molar-refractivity contribution in [3.8, 4) is 0 Å². The fourth-order valence-corrected chi connectivity index (χ4v) is 4.16. The van der Waals surface area contributed by atoms with E-state index in [-0.39, 0.29) is 0 Å². The molecular formula is C16H25NO. The van der Waals surface area contributed by atoms with Crippen LogP contribution in [0.1, 0.15) is 56.6 Å². The molecule has 2 bridgehead atoms. The molecule has 2 aliphatic rings. The summed E-state index contributed by atoms with van der Waals surface area (Å²) in [4.78, 5) is 0. The Balaban J connectivity index is 1.67. The number of fused-ring (bicyclic) bond motifs is 2. The summed E-state index contributed by atoms with van der Waals surface area (Å²) in [5.41, 5.74) is 0. The summed E-state index contributed by atoms with van der Waals surface area (Å²) in [6.45, 7) is 5.23. The highest BCUT2D eigenvalue weighted by Gasteiger charge is 2.40. The van der Waals surface area contributed by atoms with Crippen LogP contribution in [0.5, 0.6) is 0 Å². The molecule has 4 atom stereocenters. The van der Waals surface area contributed by atoms with Crippen molar-refractivity contribution in [1.29, 1.82) is 0 Å². The Kier molecular flexibility index (Phi) is 3.47. The smallest absolute Gasteiger partial charge is 0.121 e. The zero-order valence-electron chi connectivity index (χ0n) is 11.6. The van der Waals surface area contributed by atoms with Gasteiger partial charge in [-0.2, -0.15) is 0 Å². The molecule has 2 nitrogen and oxygen atoms in total. The van der Waals surface area contributed by atoms with Gasteiger partial charge >= 0.3 is 0 Å². The Morgan fingerprint density at radius 2 is 2.22 bits per heavy atom. The van der Waals surface area contributed by atoms with E-state index >= 15 is 0 Å². The lowest BCUT2D eigenvalue weighted by atomic mass is 9.84. The Bertz CT molecular complexity index is 398. The SMILES string of the molecule is CCNC(CC1CC2CCC1C2)c1ccc(C)o1. The number of nitrogens with one attached hydrogen (secondary N) is 1. The molecular weight excluding hydrogens is 222 g/mol. The lowest BCUT2D eigenvalue weighted by Gasteiger charge is -2.26. The minimum atomic E-state index is 0.424. The van der Waals surface area contributed by atoms with E-state index in [0.29, 0.717) is 6.04 Å². The number of hydrogen-bond acceptors (Lipinski definition) is 2. The fourth-order valence-electron chi connectivity index (χ4n) is 4.16. The highest BCUT2D eigenvalue weighted by atomic mass is 16.3. The molecule has 2 heteroatoms. The summed E-state index contributed by atoms with van der Waals surface area (Å²) in [7, 11) is 0. The van der Waals surface area contributed by atoms with Crippen LogP contribution in [-0.2, 0) is 0 Å². The molecule has 2 aliphatic carbocycles. The number of furan rings is 1. The highest BCUT2D eigenvalue weighted by Crippen LogP contribution is 2.50. The first-order valence-corrected chi connectivity index (χ1v) is 7.56. The van der Waals surface area contributed by atoms with E-state index in [4.69, 9.17) is 4.42 Å². The van der Waals surface area contributed by atoms with E-state index in [1.807, 2.05) is 6.92 Å². The average molecular weight is 247 g/mol. The van der Waals surface area contributed by atoms with E-state index in [9.17, 15) is 0 Å². The van der Waals surface area contributed by atoms with E-state index in [2.05, 4.69) is 24.4 Å². The molecule has 100 valence electrons. The lowest BCUT2D eigenvalue weighted by Crippen LogP contribution is -2.25. The molecule has 0 aromatic carbocycles. The minimum absolute atomic E-state index is 0.424. The predicted molar refractivity (Wildman–Crippen MR) is 73.4 cm³/mol. The molecule has 1 aromatic rings. The van der Waals surface area contributed by atoms with Crippen LogP contribution in [-0.4, -0.2) is 6.54 Å². The topological polar surface area (TPSA) is 25.2 Å². The van der Waals surface area contributed by atoms with Gasteiger partial charge < -0.3 is 9.73 Å². The molecule has 3 rings (SSSR count). The van der Waals surface area contributed by atoms with Gasteiger partial charge in [0.05, 0.1) is 6.04 Å². The summed E-state index contributed by atoms with van der Waals surface area (Å²) in [5, 5.41) is 3.60. The van der Waals surface area contributed by atoms with E-state index in [1.165, 1.54) is 32.1 Å². The number of aryl methyl sites for hydroxylation is 1. The van der Waals surface area contributed by atoms with Crippen molar-refractivity contribution in [2.24, 2.45) is 17.8 Å². The second-order valence-electron chi connectivity index (χ2n) is 6.23. The monoisotopic (exact) mass is 247 g/mol. The second kappa shape index (κ2) is 5.08. The number of hydrogen-bond donors (Lipinski definition) is 1. The predicted octanol–water partition coefficient (Wildman–Crippen LogP) is 4.06. The van der Waals surface area contributed by atoms with Gasteiger partial charge in [-0.25, -0.2) is 0 Å². The van der Waals surface area contributed by atoms with Gasteiger partial charge in [0.1, 0.15) is 11.5 Å². The maximum absolute atomic E-state index is 5.83. The Hall–Kier alpha value is -0.760. The Labute approximate surface area is 110 Å². The summed E-state index contributed by atoms with van der Waals surface area (Å²) < 4.78 is 5.83. The summed E-state index contributed by atoms with van der Waals surface area (Å²) in [6, 6.07) is 4.66. The molecule has 0 spiro atoms. The summed E-state index contributed by atoms with van der Waals surface area (Å²) in [6.07, 6.45) is 7.20. The molecule has 4 unspecified atom stereocenters. The van der Waals surface area contributed by atoms with Gasteiger partial charge in [-0.05, 0) is 69.0 Å². The number of rotatable bonds is 5. The Morgan fingerprint density at radius 3 is 2.78 bits per heavy atom.